The molecule has 2 rings (SSSR count). The van der Waals surface area contributed by atoms with Crippen LogP contribution in [0.1, 0.15) is 11.3 Å². The summed E-state index contributed by atoms with van der Waals surface area (Å²) in [6.45, 7) is 0.271. The van der Waals surface area contributed by atoms with Crippen molar-refractivity contribution in [2.75, 3.05) is 0 Å². The third-order valence-electron chi connectivity index (χ3n) is 2.48. The minimum Gasteiger partial charge on any atom is -0.486 e. The second-order valence-electron chi connectivity index (χ2n) is 3.87. The van der Waals surface area contributed by atoms with Gasteiger partial charge in [-0.1, -0.05) is 22.8 Å². The number of nitrogens with zero attached hydrogens (tertiary/aromatic N) is 3. The second kappa shape index (κ2) is 5.62. The van der Waals surface area contributed by atoms with Crippen molar-refractivity contribution in [1.82, 2.24) is 9.78 Å². The Hall–Kier alpha value is -2.21. The van der Waals surface area contributed by atoms with Gasteiger partial charge in [0.2, 0.25) is 0 Å². The van der Waals surface area contributed by atoms with Gasteiger partial charge in [-0.25, -0.2) is 0 Å². The molecule has 0 saturated carbocycles. The van der Waals surface area contributed by atoms with E-state index in [9.17, 15) is 0 Å². The lowest BCUT2D eigenvalue weighted by Gasteiger charge is -2.10. The van der Waals surface area contributed by atoms with Crippen LogP contribution in [0.5, 0.6) is 5.75 Å². The number of benzene rings is 1. The highest BCUT2D eigenvalue weighted by Crippen LogP contribution is 2.26. The van der Waals surface area contributed by atoms with Crippen LogP contribution in [-0.4, -0.2) is 20.8 Å². The summed E-state index contributed by atoms with van der Waals surface area (Å²) in [6.07, 6.45) is 1.82. The average molecular weight is 281 g/mol. The zero-order valence-corrected chi connectivity index (χ0v) is 11.0. The molecule has 0 aliphatic carbocycles. The molecule has 3 N–H and O–H groups in total. The van der Waals surface area contributed by atoms with Crippen molar-refractivity contribution >= 4 is 17.4 Å². The van der Waals surface area contributed by atoms with Gasteiger partial charge < -0.3 is 15.7 Å². The molecule has 0 aliphatic heterocycles. The van der Waals surface area contributed by atoms with Crippen LogP contribution in [0.3, 0.4) is 0 Å². The molecular weight excluding hydrogens is 268 g/mol. The minimum atomic E-state index is -0.0957. The average Bonchev–Trinajstić information content (AvgIpc) is 2.81. The molecule has 0 spiro atoms. The Morgan fingerprint density at radius 2 is 2.32 bits per heavy atom. The van der Waals surface area contributed by atoms with Crippen LogP contribution in [-0.2, 0) is 13.7 Å². The first-order valence-electron chi connectivity index (χ1n) is 5.49. The molecule has 7 heteroatoms. The first-order valence-corrected chi connectivity index (χ1v) is 5.87. The van der Waals surface area contributed by atoms with E-state index in [2.05, 4.69) is 10.3 Å². The van der Waals surface area contributed by atoms with Crippen molar-refractivity contribution in [2.24, 2.45) is 17.9 Å². The molecule has 0 aliphatic rings. The summed E-state index contributed by atoms with van der Waals surface area (Å²) in [4.78, 5) is 0. The van der Waals surface area contributed by atoms with Gasteiger partial charge in [0.15, 0.2) is 5.84 Å². The number of oxime groups is 1. The van der Waals surface area contributed by atoms with Crippen LogP contribution >= 0.6 is 11.6 Å². The van der Waals surface area contributed by atoms with Crippen molar-refractivity contribution in [3.05, 3.63) is 46.7 Å². The normalized spacial score (nSPS) is 11.6. The monoisotopic (exact) mass is 280 g/mol. The number of amidine groups is 1. The van der Waals surface area contributed by atoms with Gasteiger partial charge in [0.05, 0.1) is 16.3 Å². The molecule has 2 aromatic rings. The lowest BCUT2D eigenvalue weighted by atomic mass is 10.2. The number of hydrogen-bond acceptors (Lipinski definition) is 4. The van der Waals surface area contributed by atoms with Gasteiger partial charge in [0.1, 0.15) is 12.4 Å². The van der Waals surface area contributed by atoms with E-state index >= 15 is 0 Å². The molecule has 0 bridgehead atoms. The highest BCUT2D eigenvalue weighted by atomic mass is 35.5. The fraction of sp³-hybridized carbons (Fsp3) is 0.167. The Labute approximate surface area is 115 Å². The number of aromatic nitrogens is 2. The molecule has 19 heavy (non-hydrogen) atoms. The summed E-state index contributed by atoms with van der Waals surface area (Å²) in [5, 5.41) is 16.3. The zero-order valence-electron chi connectivity index (χ0n) is 10.2. The molecule has 0 radical (unpaired) electrons. The molecule has 6 nitrogen and oxygen atoms in total. The number of halogens is 1. The third kappa shape index (κ3) is 2.97. The highest BCUT2D eigenvalue weighted by Gasteiger charge is 2.13. The quantitative estimate of drug-likeness (QED) is 0.387. The molecular formula is C12H13ClN4O2. The number of ether oxygens (including phenoxy) is 1. The van der Waals surface area contributed by atoms with Crippen molar-refractivity contribution < 1.29 is 9.94 Å². The Bertz CT molecular complexity index is 610. The minimum absolute atomic E-state index is 0.0957. The van der Waals surface area contributed by atoms with Gasteiger partial charge in [-0.15, -0.1) is 0 Å². The highest BCUT2D eigenvalue weighted by molar-refractivity contribution is 6.34. The number of rotatable bonds is 4. The molecule has 0 unspecified atom stereocenters. The maximum Gasteiger partial charge on any atom is 0.175 e. The van der Waals surface area contributed by atoms with Gasteiger partial charge in [-0.2, -0.15) is 5.10 Å². The van der Waals surface area contributed by atoms with E-state index in [-0.39, 0.29) is 12.4 Å². The lowest BCUT2D eigenvalue weighted by molar-refractivity contribution is 0.298. The molecule has 1 aromatic carbocycles. The standard InChI is InChI=1S/C12H13ClN4O2/c1-17-6-5-8(15-17)7-19-10-4-2-3-9(13)11(10)12(14)16-18/h2-6,18H,7H2,1H3,(H2,14,16). The Morgan fingerprint density at radius 1 is 1.53 bits per heavy atom. The number of nitrogens with two attached hydrogens (primary N) is 1. The largest absolute Gasteiger partial charge is 0.486 e. The predicted molar refractivity (Wildman–Crippen MR) is 71.5 cm³/mol. The first kappa shape index (κ1) is 13.2. The molecule has 100 valence electrons. The van der Waals surface area contributed by atoms with Crippen LogP contribution < -0.4 is 10.5 Å². The van der Waals surface area contributed by atoms with E-state index in [1.54, 1.807) is 22.9 Å². The molecule has 1 aromatic heterocycles. The van der Waals surface area contributed by atoms with Gasteiger partial charge in [-0.05, 0) is 18.2 Å². The maximum atomic E-state index is 8.76. The van der Waals surface area contributed by atoms with E-state index in [0.717, 1.165) is 5.69 Å². The van der Waals surface area contributed by atoms with Gasteiger partial charge in [-0.3, -0.25) is 4.68 Å². The molecule has 0 atom stereocenters. The van der Waals surface area contributed by atoms with Crippen molar-refractivity contribution in [2.45, 2.75) is 6.61 Å². The summed E-state index contributed by atoms with van der Waals surface area (Å²) in [6, 6.07) is 6.91. The summed E-state index contributed by atoms with van der Waals surface area (Å²) in [5.41, 5.74) is 6.72. The second-order valence-corrected chi connectivity index (χ2v) is 4.27. The van der Waals surface area contributed by atoms with Crippen molar-refractivity contribution in [1.29, 1.82) is 0 Å². The Kier molecular flexibility index (Phi) is 3.91. The smallest absolute Gasteiger partial charge is 0.175 e. The third-order valence-corrected chi connectivity index (χ3v) is 2.80. The summed E-state index contributed by atoms with van der Waals surface area (Å²) < 4.78 is 7.29. The topological polar surface area (TPSA) is 85.7 Å². The Balaban J connectivity index is 2.23. The zero-order chi connectivity index (χ0) is 13.8. The van der Waals surface area contributed by atoms with Crippen LogP contribution in [0.25, 0.3) is 0 Å². The summed E-state index contributed by atoms with van der Waals surface area (Å²) >= 11 is 6.02. The van der Waals surface area contributed by atoms with Gasteiger partial charge >= 0.3 is 0 Å². The predicted octanol–water partition coefficient (Wildman–Crippen LogP) is 1.75. The fourth-order valence-corrected chi connectivity index (χ4v) is 1.88. The van der Waals surface area contributed by atoms with Crippen molar-refractivity contribution in [3.8, 4) is 5.75 Å². The van der Waals surface area contributed by atoms with Gasteiger partial charge in [0.25, 0.3) is 0 Å². The SMILES string of the molecule is Cn1ccc(COc2cccc(Cl)c2/C(N)=N/O)n1. The maximum absolute atomic E-state index is 8.76. The molecule has 0 amide bonds. The fourth-order valence-electron chi connectivity index (χ4n) is 1.62. The van der Waals surface area contributed by atoms with E-state index < -0.39 is 0 Å². The Morgan fingerprint density at radius 3 is 2.95 bits per heavy atom. The summed E-state index contributed by atoms with van der Waals surface area (Å²) in [5.74, 6) is 0.343. The van der Waals surface area contributed by atoms with Crippen LogP contribution in [0.2, 0.25) is 5.02 Å². The van der Waals surface area contributed by atoms with Crippen LogP contribution in [0.4, 0.5) is 0 Å². The van der Waals surface area contributed by atoms with E-state index in [1.807, 2.05) is 19.3 Å². The number of aryl methyl sites for hydroxylation is 1. The van der Waals surface area contributed by atoms with Gasteiger partial charge in [0, 0.05) is 13.2 Å². The first-order chi connectivity index (χ1) is 9.11. The molecule has 0 fully saturated rings. The van der Waals surface area contributed by atoms with Crippen LogP contribution in [0, 0.1) is 0 Å². The van der Waals surface area contributed by atoms with Crippen LogP contribution in [0.15, 0.2) is 35.6 Å². The van der Waals surface area contributed by atoms with E-state index in [1.165, 1.54) is 0 Å². The molecule has 0 saturated heterocycles. The lowest BCUT2D eigenvalue weighted by Crippen LogP contribution is -2.15. The molecule has 1 heterocycles. The van der Waals surface area contributed by atoms with E-state index in [0.29, 0.717) is 16.3 Å². The number of hydrogen-bond donors (Lipinski definition) is 2. The summed E-state index contributed by atoms with van der Waals surface area (Å²) in [7, 11) is 1.82. The van der Waals surface area contributed by atoms with E-state index in [4.69, 9.17) is 27.3 Å². The van der Waals surface area contributed by atoms with Crippen molar-refractivity contribution in [3.63, 3.8) is 0 Å².